The van der Waals surface area contributed by atoms with Crippen molar-refractivity contribution in [3.05, 3.63) is 0 Å². The summed E-state index contributed by atoms with van der Waals surface area (Å²) in [5.74, 6) is 0. The molecule has 0 aromatic carbocycles. The first-order valence-electron chi connectivity index (χ1n) is 3.54. The number of unbranched alkanes of at least 4 members (excludes halogenated alkanes) is 2. The summed E-state index contributed by atoms with van der Waals surface area (Å²) in [6.07, 6.45) is 5.62. The Hall–Kier alpha value is -0.370. The van der Waals surface area contributed by atoms with E-state index in [1.807, 2.05) is 13.3 Å². The maximum absolute atomic E-state index is 4.09. The number of hydrogen-bond donors (Lipinski definition) is 1. The summed E-state index contributed by atoms with van der Waals surface area (Å²) in [6, 6.07) is 0. The fourth-order valence-corrected chi connectivity index (χ4v) is 0.543. The van der Waals surface area contributed by atoms with E-state index in [0.29, 0.717) is 0 Å². The third-order valence-corrected chi connectivity index (χ3v) is 1.07. The Kier molecular flexibility index (Phi) is 7.32. The number of rotatable bonds is 5. The summed E-state index contributed by atoms with van der Waals surface area (Å²) in [5.41, 5.74) is 0. The average molecular weight is 128 g/mol. The van der Waals surface area contributed by atoms with Gasteiger partial charge in [0.15, 0.2) is 0 Å². The highest BCUT2D eigenvalue weighted by atomic mass is 15.0. The fourth-order valence-electron chi connectivity index (χ4n) is 0.543. The number of hydrogen-bond acceptors (Lipinski definition) is 2. The summed E-state index contributed by atoms with van der Waals surface area (Å²) in [5, 5.41) is 2.95. The summed E-state index contributed by atoms with van der Waals surface area (Å²) < 4.78 is 0. The normalized spacial score (nSPS) is 10.9. The van der Waals surface area contributed by atoms with Crippen molar-refractivity contribution >= 4 is 6.21 Å². The van der Waals surface area contributed by atoms with Crippen molar-refractivity contribution in [1.82, 2.24) is 5.32 Å². The second-order valence-corrected chi connectivity index (χ2v) is 2.02. The van der Waals surface area contributed by atoms with Crippen molar-refractivity contribution in [3.63, 3.8) is 0 Å². The maximum atomic E-state index is 4.09. The second-order valence-electron chi connectivity index (χ2n) is 2.02. The van der Waals surface area contributed by atoms with Crippen LogP contribution < -0.4 is 5.32 Å². The molecule has 2 heteroatoms. The van der Waals surface area contributed by atoms with Gasteiger partial charge < -0.3 is 5.32 Å². The molecule has 0 spiro atoms. The molecule has 0 radical (unpaired) electrons. The molecule has 0 heterocycles. The molecule has 0 aliphatic rings. The SMILES string of the molecule is CCCCC=NCNC. The van der Waals surface area contributed by atoms with Gasteiger partial charge in [-0.05, 0) is 19.9 Å². The lowest BCUT2D eigenvalue weighted by Gasteiger charge is -1.88. The molecule has 0 fully saturated rings. The topological polar surface area (TPSA) is 24.4 Å². The van der Waals surface area contributed by atoms with E-state index < -0.39 is 0 Å². The summed E-state index contributed by atoms with van der Waals surface area (Å²) in [6.45, 7) is 2.94. The van der Waals surface area contributed by atoms with Crippen molar-refractivity contribution in [3.8, 4) is 0 Å². The highest BCUT2D eigenvalue weighted by Crippen LogP contribution is 1.88. The Morgan fingerprint density at radius 1 is 1.56 bits per heavy atom. The van der Waals surface area contributed by atoms with Gasteiger partial charge in [0.05, 0.1) is 6.67 Å². The highest BCUT2D eigenvalue weighted by Gasteiger charge is 1.76. The zero-order valence-corrected chi connectivity index (χ0v) is 6.35. The quantitative estimate of drug-likeness (QED) is 0.439. The van der Waals surface area contributed by atoms with E-state index in [-0.39, 0.29) is 0 Å². The van der Waals surface area contributed by atoms with E-state index in [1.165, 1.54) is 12.8 Å². The Labute approximate surface area is 57.4 Å². The summed E-state index contributed by atoms with van der Waals surface area (Å²) >= 11 is 0. The van der Waals surface area contributed by atoms with Crippen LogP contribution >= 0.6 is 0 Å². The van der Waals surface area contributed by atoms with Crippen LogP contribution in [-0.4, -0.2) is 19.9 Å². The zero-order chi connectivity index (χ0) is 6.95. The second kappa shape index (κ2) is 7.63. The minimum atomic E-state index is 0.754. The van der Waals surface area contributed by atoms with Crippen molar-refractivity contribution in [2.45, 2.75) is 26.2 Å². The highest BCUT2D eigenvalue weighted by molar-refractivity contribution is 5.56. The molecule has 0 saturated heterocycles. The van der Waals surface area contributed by atoms with Gasteiger partial charge in [-0.15, -0.1) is 0 Å². The molecule has 0 aromatic heterocycles. The molecular weight excluding hydrogens is 112 g/mol. The van der Waals surface area contributed by atoms with Gasteiger partial charge in [0.25, 0.3) is 0 Å². The van der Waals surface area contributed by atoms with Gasteiger partial charge in [0.2, 0.25) is 0 Å². The molecule has 9 heavy (non-hydrogen) atoms. The first-order chi connectivity index (χ1) is 4.41. The van der Waals surface area contributed by atoms with Gasteiger partial charge in [-0.25, -0.2) is 0 Å². The molecule has 0 rings (SSSR count). The summed E-state index contributed by atoms with van der Waals surface area (Å²) in [4.78, 5) is 4.09. The van der Waals surface area contributed by atoms with Crippen LogP contribution in [0.25, 0.3) is 0 Å². The zero-order valence-electron chi connectivity index (χ0n) is 6.35. The van der Waals surface area contributed by atoms with Crippen LogP contribution in [0.2, 0.25) is 0 Å². The summed E-state index contributed by atoms with van der Waals surface area (Å²) in [7, 11) is 1.90. The van der Waals surface area contributed by atoms with Crippen LogP contribution in [0.4, 0.5) is 0 Å². The van der Waals surface area contributed by atoms with E-state index in [2.05, 4.69) is 17.2 Å². The van der Waals surface area contributed by atoms with Gasteiger partial charge in [-0.1, -0.05) is 13.3 Å². The lowest BCUT2D eigenvalue weighted by Crippen LogP contribution is -2.04. The predicted octanol–water partition coefficient (Wildman–Crippen LogP) is 1.42. The minimum Gasteiger partial charge on any atom is -0.301 e. The van der Waals surface area contributed by atoms with Gasteiger partial charge in [0, 0.05) is 6.21 Å². The van der Waals surface area contributed by atoms with E-state index in [4.69, 9.17) is 0 Å². The lowest BCUT2D eigenvalue weighted by atomic mass is 10.3. The van der Waals surface area contributed by atoms with E-state index in [0.717, 1.165) is 13.1 Å². The third kappa shape index (κ3) is 7.63. The van der Waals surface area contributed by atoms with Gasteiger partial charge in [-0.2, -0.15) is 0 Å². The molecule has 0 aliphatic carbocycles. The molecule has 1 N–H and O–H groups in total. The molecule has 0 unspecified atom stereocenters. The molecular formula is C7H16N2. The fraction of sp³-hybridized carbons (Fsp3) is 0.857. The van der Waals surface area contributed by atoms with Gasteiger partial charge in [-0.3, -0.25) is 4.99 Å². The molecule has 0 atom stereocenters. The molecule has 0 saturated carbocycles. The van der Waals surface area contributed by atoms with Gasteiger partial charge in [0.1, 0.15) is 0 Å². The first kappa shape index (κ1) is 8.63. The van der Waals surface area contributed by atoms with Crippen molar-refractivity contribution in [1.29, 1.82) is 0 Å². The Balaban J connectivity index is 2.86. The smallest absolute Gasteiger partial charge is 0.0878 e. The largest absolute Gasteiger partial charge is 0.301 e. The average Bonchev–Trinajstić information content (AvgIpc) is 1.89. The van der Waals surface area contributed by atoms with Gasteiger partial charge >= 0.3 is 0 Å². The van der Waals surface area contributed by atoms with E-state index in [1.54, 1.807) is 0 Å². The van der Waals surface area contributed by atoms with Crippen LogP contribution in [0.1, 0.15) is 26.2 Å². The van der Waals surface area contributed by atoms with Crippen LogP contribution in [0.15, 0.2) is 4.99 Å². The monoisotopic (exact) mass is 128 g/mol. The van der Waals surface area contributed by atoms with Crippen LogP contribution in [0.3, 0.4) is 0 Å². The Morgan fingerprint density at radius 2 is 2.33 bits per heavy atom. The molecule has 0 aromatic rings. The molecule has 0 aliphatic heterocycles. The minimum absolute atomic E-state index is 0.754. The van der Waals surface area contributed by atoms with Crippen LogP contribution in [0.5, 0.6) is 0 Å². The third-order valence-electron chi connectivity index (χ3n) is 1.07. The van der Waals surface area contributed by atoms with Crippen LogP contribution in [0, 0.1) is 0 Å². The van der Waals surface area contributed by atoms with Crippen molar-refractivity contribution in [2.75, 3.05) is 13.7 Å². The first-order valence-corrected chi connectivity index (χ1v) is 3.54. The standard InChI is InChI=1S/C7H16N2/c1-3-4-5-6-9-7-8-2/h6,8H,3-5,7H2,1-2H3. The number of aliphatic imine (C=N–C) groups is 1. The van der Waals surface area contributed by atoms with E-state index in [9.17, 15) is 0 Å². The number of nitrogens with zero attached hydrogens (tertiary/aromatic N) is 1. The molecule has 0 bridgehead atoms. The number of nitrogens with one attached hydrogen (secondary N) is 1. The van der Waals surface area contributed by atoms with Crippen LogP contribution in [-0.2, 0) is 0 Å². The molecule has 2 nitrogen and oxygen atoms in total. The predicted molar refractivity (Wildman–Crippen MR) is 41.9 cm³/mol. The van der Waals surface area contributed by atoms with E-state index >= 15 is 0 Å². The molecule has 0 amide bonds. The van der Waals surface area contributed by atoms with Crippen molar-refractivity contribution < 1.29 is 0 Å². The Morgan fingerprint density at radius 3 is 2.89 bits per heavy atom. The maximum Gasteiger partial charge on any atom is 0.0878 e. The lowest BCUT2D eigenvalue weighted by molar-refractivity contribution is 0.814. The Bertz CT molecular complexity index is 69.3. The van der Waals surface area contributed by atoms with Crippen molar-refractivity contribution in [2.24, 2.45) is 4.99 Å². The molecule has 54 valence electrons.